The van der Waals surface area contributed by atoms with Crippen LogP contribution in [0.2, 0.25) is 0 Å². The van der Waals surface area contributed by atoms with Gasteiger partial charge in [0.15, 0.2) is 11.4 Å². The number of likely N-dealkylation sites (tertiary alicyclic amines) is 1. The van der Waals surface area contributed by atoms with E-state index in [0.29, 0.717) is 17.9 Å². The van der Waals surface area contributed by atoms with Gasteiger partial charge in [0, 0.05) is 28.7 Å². The highest BCUT2D eigenvalue weighted by molar-refractivity contribution is 6.24. The number of aliphatic hydroxyl groups excluding tert-OH is 2. The molecule has 1 saturated heterocycles. The number of amides is 1. The first kappa shape index (κ1) is 27.2. The van der Waals surface area contributed by atoms with Crippen molar-refractivity contribution in [1.29, 1.82) is 0 Å². The number of rotatable bonds is 6. The number of benzene rings is 1. The Kier molecular flexibility index (Phi) is 6.72. The first-order valence-electron chi connectivity index (χ1n) is 13.5. The third kappa shape index (κ3) is 3.78. The number of aliphatic hydroxyl groups is 3. The van der Waals surface area contributed by atoms with E-state index in [-0.39, 0.29) is 35.8 Å². The fraction of sp³-hybridized carbons (Fsp3) is 0.536. The Hall–Kier alpha value is -3.41. The zero-order chi connectivity index (χ0) is 28.4. The molecule has 0 bridgehead atoms. The summed E-state index contributed by atoms with van der Waals surface area (Å²) in [6.07, 6.45) is 2.70. The van der Waals surface area contributed by atoms with Gasteiger partial charge in [-0.3, -0.25) is 19.3 Å². The number of primary amides is 1. The number of nitrogens with two attached hydrogens (primary N) is 2. The van der Waals surface area contributed by atoms with Crippen molar-refractivity contribution >= 4 is 17.5 Å². The van der Waals surface area contributed by atoms with E-state index < -0.39 is 58.0 Å². The van der Waals surface area contributed by atoms with Gasteiger partial charge in [-0.2, -0.15) is 0 Å². The van der Waals surface area contributed by atoms with E-state index in [1.54, 1.807) is 6.07 Å². The van der Waals surface area contributed by atoms with Crippen LogP contribution in [0, 0.1) is 11.8 Å². The van der Waals surface area contributed by atoms with Crippen molar-refractivity contribution < 1.29 is 39.5 Å². The molecule has 0 unspecified atom stereocenters. The Bertz CT molecular complexity index is 1330. The number of nitrogens with zero attached hydrogens (tertiary/aromatic N) is 1. The van der Waals surface area contributed by atoms with Crippen molar-refractivity contribution in [2.24, 2.45) is 23.3 Å². The van der Waals surface area contributed by atoms with Crippen LogP contribution in [0.4, 0.5) is 0 Å². The molecule has 210 valence electrons. The number of fused-ring (bicyclic) bond motifs is 3. The molecule has 11 heteroatoms. The summed E-state index contributed by atoms with van der Waals surface area (Å²) in [5.41, 5.74) is 8.82. The lowest BCUT2D eigenvalue weighted by Crippen LogP contribution is -2.63. The van der Waals surface area contributed by atoms with Gasteiger partial charge in [-0.25, -0.2) is 0 Å². The summed E-state index contributed by atoms with van der Waals surface area (Å²) in [5, 5.41) is 44.4. The lowest BCUT2D eigenvalue weighted by molar-refractivity contribution is -0.145. The van der Waals surface area contributed by atoms with E-state index in [1.165, 1.54) is 0 Å². The fourth-order valence-corrected chi connectivity index (χ4v) is 6.97. The smallest absolute Gasteiger partial charge is 0.255 e. The van der Waals surface area contributed by atoms with Crippen LogP contribution >= 0.6 is 0 Å². The minimum atomic E-state index is -2.72. The minimum absolute atomic E-state index is 0.00800. The van der Waals surface area contributed by atoms with Gasteiger partial charge in [0.05, 0.1) is 18.2 Å². The summed E-state index contributed by atoms with van der Waals surface area (Å²) in [5.74, 6) is -6.70. The van der Waals surface area contributed by atoms with Crippen molar-refractivity contribution in [1.82, 2.24) is 4.90 Å². The monoisotopic (exact) mass is 541 g/mol. The van der Waals surface area contributed by atoms with E-state index in [1.807, 2.05) is 6.92 Å². The summed E-state index contributed by atoms with van der Waals surface area (Å²) in [6.45, 7) is 6.15. The number of hydrogen-bond donors (Lipinski definition) is 6. The van der Waals surface area contributed by atoms with Crippen LogP contribution < -0.4 is 16.2 Å². The Balaban J connectivity index is 1.68. The number of phenols is 1. The van der Waals surface area contributed by atoms with Gasteiger partial charge in [0.2, 0.25) is 5.78 Å². The van der Waals surface area contributed by atoms with Gasteiger partial charge in [-0.05, 0) is 57.2 Å². The maximum atomic E-state index is 13.9. The summed E-state index contributed by atoms with van der Waals surface area (Å²) >= 11 is 0. The number of aromatic hydroxyl groups is 1. The molecule has 1 amide bonds. The number of Topliss-reactive ketones (excluding diaryl/α,β-unsaturated/α-hetero) is 2. The number of carbonyl (C=O) groups is 3. The quantitative estimate of drug-likeness (QED) is 0.287. The average molecular weight is 542 g/mol. The SMILES string of the molecule is CCCOc1c([C@@H]2CCCN2CC)cc(O)c2c1C[C@H]1C[C@H]3[C@H](N)C(O)=C(C(N)=O)C(=O)[C@@]3(O)C(O)=C1C2=O. The second kappa shape index (κ2) is 9.65. The van der Waals surface area contributed by atoms with Crippen molar-refractivity contribution in [2.45, 2.75) is 63.6 Å². The Morgan fingerprint density at radius 1 is 1.23 bits per heavy atom. The third-order valence-corrected chi connectivity index (χ3v) is 8.81. The maximum Gasteiger partial charge on any atom is 0.255 e. The third-order valence-electron chi connectivity index (χ3n) is 8.81. The lowest BCUT2D eigenvalue weighted by Gasteiger charge is -2.47. The highest BCUT2D eigenvalue weighted by Crippen LogP contribution is 2.53. The standard InChI is InChI=1S/C28H35N3O8/c1-3-8-39-24-13(16-6-5-7-31(16)4-2)11-17(32)19-14(24)9-12-10-15-21(29)23(34)20(27(30)37)26(36)28(15,38)25(35)18(12)22(19)33/h11-12,15-16,21,32,34-35,38H,3-10,29H2,1-2H3,(H2,30,37)/t12-,15-,16-,21-,28-/m0/s1. The van der Waals surface area contributed by atoms with Gasteiger partial charge in [-0.15, -0.1) is 0 Å². The van der Waals surface area contributed by atoms with Crippen LogP contribution in [-0.2, 0) is 16.0 Å². The summed E-state index contributed by atoms with van der Waals surface area (Å²) < 4.78 is 6.23. The molecule has 4 aliphatic rings. The molecular formula is C28H35N3O8. The van der Waals surface area contributed by atoms with E-state index >= 15 is 0 Å². The number of ketones is 2. The second-order valence-electron chi connectivity index (χ2n) is 10.9. The molecule has 1 aliphatic heterocycles. The molecule has 1 heterocycles. The highest BCUT2D eigenvalue weighted by atomic mass is 16.5. The zero-order valence-corrected chi connectivity index (χ0v) is 22.1. The number of allylic oxidation sites excluding steroid dienone is 1. The second-order valence-corrected chi connectivity index (χ2v) is 10.9. The van der Waals surface area contributed by atoms with Crippen molar-refractivity contribution in [3.05, 3.63) is 45.4 Å². The molecule has 1 fully saturated rings. The lowest BCUT2D eigenvalue weighted by atomic mass is 9.59. The Morgan fingerprint density at radius 2 is 1.95 bits per heavy atom. The molecule has 39 heavy (non-hydrogen) atoms. The van der Waals surface area contributed by atoms with Crippen LogP contribution in [-0.4, -0.2) is 74.1 Å². The summed E-state index contributed by atoms with van der Waals surface area (Å²) in [6, 6.07) is 0.169. The number of ether oxygens (including phenoxy) is 1. The molecule has 1 aromatic rings. The largest absolute Gasteiger partial charge is 0.510 e. The van der Waals surface area contributed by atoms with Gasteiger partial charge in [0.1, 0.15) is 28.6 Å². The molecule has 5 rings (SSSR count). The van der Waals surface area contributed by atoms with E-state index in [2.05, 4.69) is 11.8 Å². The number of hydrogen-bond acceptors (Lipinski definition) is 10. The number of carbonyl (C=O) groups excluding carboxylic acids is 3. The first-order valence-corrected chi connectivity index (χ1v) is 13.5. The maximum absolute atomic E-state index is 13.9. The first-order chi connectivity index (χ1) is 18.5. The van der Waals surface area contributed by atoms with E-state index in [9.17, 15) is 34.8 Å². The number of phenolic OH excluding ortho intramolecular Hbond substituents is 1. The molecule has 3 aliphatic carbocycles. The van der Waals surface area contributed by atoms with E-state index in [4.69, 9.17) is 16.2 Å². The van der Waals surface area contributed by atoms with Gasteiger partial charge in [-0.1, -0.05) is 13.8 Å². The predicted octanol–water partition coefficient (Wildman–Crippen LogP) is 1.46. The molecule has 0 spiro atoms. The molecule has 0 radical (unpaired) electrons. The van der Waals surface area contributed by atoms with Crippen molar-refractivity contribution in [3.63, 3.8) is 0 Å². The summed E-state index contributed by atoms with van der Waals surface area (Å²) in [7, 11) is 0. The summed E-state index contributed by atoms with van der Waals surface area (Å²) in [4.78, 5) is 41.3. The normalized spacial score (nSPS) is 30.8. The molecule has 5 atom stereocenters. The molecule has 8 N–H and O–H groups in total. The van der Waals surface area contributed by atoms with Crippen LogP contribution in [0.25, 0.3) is 0 Å². The van der Waals surface area contributed by atoms with Crippen LogP contribution in [0.1, 0.15) is 67.1 Å². The fourth-order valence-electron chi connectivity index (χ4n) is 6.97. The van der Waals surface area contributed by atoms with Crippen LogP contribution in [0.5, 0.6) is 11.5 Å². The van der Waals surface area contributed by atoms with Crippen molar-refractivity contribution in [2.75, 3.05) is 19.7 Å². The predicted molar refractivity (Wildman–Crippen MR) is 139 cm³/mol. The van der Waals surface area contributed by atoms with Crippen LogP contribution in [0.3, 0.4) is 0 Å². The van der Waals surface area contributed by atoms with Gasteiger partial charge < -0.3 is 36.6 Å². The highest BCUT2D eigenvalue weighted by Gasteiger charge is 2.62. The van der Waals surface area contributed by atoms with E-state index in [0.717, 1.165) is 37.9 Å². The van der Waals surface area contributed by atoms with Crippen molar-refractivity contribution in [3.8, 4) is 11.5 Å². The Labute approximate surface area is 225 Å². The van der Waals surface area contributed by atoms with Gasteiger partial charge in [0.25, 0.3) is 5.91 Å². The Morgan fingerprint density at radius 3 is 2.59 bits per heavy atom. The van der Waals surface area contributed by atoms with Crippen LogP contribution in [0.15, 0.2) is 28.7 Å². The molecule has 11 nitrogen and oxygen atoms in total. The average Bonchev–Trinajstić information content (AvgIpc) is 3.37. The molecule has 1 aromatic carbocycles. The minimum Gasteiger partial charge on any atom is -0.510 e. The molecule has 0 saturated carbocycles. The molecule has 0 aromatic heterocycles. The molecular weight excluding hydrogens is 506 g/mol. The zero-order valence-electron chi connectivity index (χ0n) is 22.1. The van der Waals surface area contributed by atoms with Gasteiger partial charge >= 0.3 is 0 Å². The topological polar surface area (TPSA) is 197 Å².